The number of nitrogens with zero attached hydrogens (tertiary/aromatic N) is 2. The number of nitro groups is 1. The Morgan fingerprint density at radius 1 is 1.53 bits per heavy atom. The van der Waals surface area contributed by atoms with Crippen molar-refractivity contribution < 1.29 is 14.8 Å². The average Bonchev–Trinajstić information content (AvgIpc) is 2.61. The maximum absolute atomic E-state index is 10.7. The van der Waals surface area contributed by atoms with Crippen LogP contribution in [0.15, 0.2) is 18.3 Å². The zero-order valence-electron chi connectivity index (χ0n) is 7.30. The molecule has 0 aliphatic carbocycles. The Hall–Kier alpha value is -2.44. The third-order valence-electron chi connectivity index (χ3n) is 1.98. The number of benzene rings is 1. The molecule has 0 amide bonds. The lowest BCUT2D eigenvalue weighted by Gasteiger charge is -1.97. The van der Waals surface area contributed by atoms with E-state index in [0.717, 1.165) is 0 Å². The van der Waals surface area contributed by atoms with Crippen LogP contribution in [0.4, 0.5) is 5.69 Å². The smallest absolute Gasteiger partial charge is 0.342 e. The summed E-state index contributed by atoms with van der Waals surface area (Å²) in [6.45, 7) is 0. The number of carbonyl (C=O) groups is 1. The van der Waals surface area contributed by atoms with Gasteiger partial charge in [-0.25, -0.2) is 4.79 Å². The molecule has 0 aliphatic heterocycles. The Bertz CT molecular complexity index is 512. The number of nitro benzene ring substituents is 1. The molecule has 0 fully saturated rings. The molecule has 0 radical (unpaired) electrons. The number of rotatable bonds is 2. The van der Waals surface area contributed by atoms with Crippen molar-refractivity contribution in [1.29, 1.82) is 0 Å². The first-order valence-corrected chi connectivity index (χ1v) is 3.95. The van der Waals surface area contributed by atoms with Gasteiger partial charge in [-0.2, -0.15) is 5.10 Å². The lowest BCUT2D eigenvalue weighted by molar-refractivity contribution is -0.385. The predicted octanol–water partition coefficient (Wildman–Crippen LogP) is 1.17. The van der Waals surface area contributed by atoms with Crippen molar-refractivity contribution >= 4 is 22.6 Å². The Kier molecular flexibility index (Phi) is 1.86. The third-order valence-corrected chi connectivity index (χ3v) is 1.98. The maximum Gasteiger partial charge on any atom is 0.342 e. The number of aromatic nitrogens is 2. The highest BCUT2D eigenvalue weighted by atomic mass is 16.6. The summed E-state index contributed by atoms with van der Waals surface area (Å²) >= 11 is 0. The summed E-state index contributed by atoms with van der Waals surface area (Å²) in [6.07, 6.45) is 1.47. The average molecular weight is 207 g/mol. The van der Waals surface area contributed by atoms with E-state index in [1.807, 2.05) is 0 Å². The number of aromatic amines is 1. The predicted molar refractivity (Wildman–Crippen MR) is 49.7 cm³/mol. The molecule has 15 heavy (non-hydrogen) atoms. The van der Waals surface area contributed by atoms with Crippen molar-refractivity contribution in [3.63, 3.8) is 0 Å². The van der Waals surface area contributed by atoms with Crippen LogP contribution >= 0.6 is 0 Å². The van der Waals surface area contributed by atoms with Gasteiger partial charge in [0.25, 0.3) is 5.69 Å². The van der Waals surface area contributed by atoms with Gasteiger partial charge >= 0.3 is 5.97 Å². The second-order valence-electron chi connectivity index (χ2n) is 2.88. The summed E-state index contributed by atoms with van der Waals surface area (Å²) in [5, 5.41) is 26.1. The second kappa shape index (κ2) is 3.05. The van der Waals surface area contributed by atoms with Gasteiger partial charge in [0.15, 0.2) is 0 Å². The Balaban J connectivity index is 2.79. The lowest BCUT2D eigenvalue weighted by atomic mass is 10.1. The Morgan fingerprint density at radius 2 is 2.27 bits per heavy atom. The molecule has 0 saturated heterocycles. The first kappa shape index (κ1) is 9.13. The van der Waals surface area contributed by atoms with Crippen LogP contribution in [0.3, 0.4) is 0 Å². The van der Waals surface area contributed by atoms with Gasteiger partial charge in [0.2, 0.25) is 0 Å². The van der Waals surface area contributed by atoms with Crippen LogP contribution in [0, 0.1) is 10.1 Å². The summed E-state index contributed by atoms with van der Waals surface area (Å²) in [5.41, 5.74) is -0.408. The molecule has 0 unspecified atom stereocenters. The molecule has 2 rings (SSSR count). The van der Waals surface area contributed by atoms with Crippen LogP contribution < -0.4 is 0 Å². The minimum atomic E-state index is -1.34. The molecule has 76 valence electrons. The van der Waals surface area contributed by atoms with Crippen LogP contribution in [0.2, 0.25) is 0 Å². The maximum atomic E-state index is 10.7. The standard InChI is InChI=1S/C8H5N3O4/c12-8(13)5-2-6-4(3-9-10-6)1-7(5)11(14)15/h1-3H,(H,9,10)(H,12,13). The topological polar surface area (TPSA) is 109 Å². The van der Waals surface area contributed by atoms with Gasteiger partial charge in [0.1, 0.15) is 5.56 Å². The van der Waals surface area contributed by atoms with Crippen molar-refractivity contribution in [1.82, 2.24) is 10.2 Å². The monoisotopic (exact) mass is 207 g/mol. The van der Waals surface area contributed by atoms with E-state index in [1.54, 1.807) is 0 Å². The quantitative estimate of drug-likeness (QED) is 0.567. The zero-order valence-corrected chi connectivity index (χ0v) is 7.30. The molecular weight excluding hydrogens is 202 g/mol. The molecule has 0 spiro atoms. The van der Waals surface area contributed by atoms with Gasteiger partial charge in [0.05, 0.1) is 10.4 Å². The number of aromatic carboxylic acids is 1. The molecule has 2 N–H and O–H groups in total. The first-order chi connectivity index (χ1) is 7.09. The van der Waals surface area contributed by atoms with E-state index in [2.05, 4.69) is 10.2 Å². The highest BCUT2D eigenvalue weighted by molar-refractivity contribution is 5.97. The van der Waals surface area contributed by atoms with Crippen LogP contribution in [-0.4, -0.2) is 26.2 Å². The third kappa shape index (κ3) is 1.39. The van der Waals surface area contributed by atoms with E-state index >= 15 is 0 Å². The van der Waals surface area contributed by atoms with Crippen LogP contribution in [0.25, 0.3) is 10.9 Å². The first-order valence-electron chi connectivity index (χ1n) is 3.95. The van der Waals surface area contributed by atoms with Crippen molar-refractivity contribution in [3.05, 3.63) is 34.0 Å². The van der Waals surface area contributed by atoms with Gasteiger partial charge in [-0.05, 0) is 6.07 Å². The minimum absolute atomic E-state index is 0.361. The number of carboxylic acids is 1. The minimum Gasteiger partial charge on any atom is -0.477 e. The fourth-order valence-corrected chi connectivity index (χ4v) is 1.30. The number of hydrogen-bond acceptors (Lipinski definition) is 4. The molecule has 0 atom stereocenters. The van der Waals surface area contributed by atoms with Crippen LogP contribution in [-0.2, 0) is 0 Å². The van der Waals surface area contributed by atoms with Crippen molar-refractivity contribution in [3.8, 4) is 0 Å². The zero-order chi connectivity index (χ0) is 11.0. The molecule has 0 bridgehead atoms. The molecule has 2 aromatic rings. The molecule has 1 aromatic heterocycles. The summed E-state index contributed by atoms with van der Waals surface area (Å²) in [7, 11) is 0. The number of nitrogens with one attached hydrogen (secondary N) is 1. The highest BCUT2D eigenvalue weighted by Crippen LogP contribution is 2.24. The van der Waals surface area contributed by atoms with E-state index in [-0.39, 0.29) is 5.56 Å². The summed E-state index contributed by atoms with van der Waals surface area (Å²) in [5.74, 6) is -1.34. The lowest BCUT2D eigenvalue weighted by Crippen LogP contribution is -2.02. The molecule has 1 heterocycles. The number of hydrogen-bond donors (Lipinski definition) is 2. The SMILES string of the molecule is O=C(O)c1cc2n[nH]cc2cc1[N+](=O)[O-]. The Morgan fingerprint density at radius 3 is 2.87 bits per heavy atom. The summed E-state index contributed by atoms with van der Waals surface area (Å²) < 4.78 is 0. The molecule has 7 heteroatoms. The Labute approximate surface area is 82.5 Å². The van der Waals surface area contributed by atoms with Gasteiger partial charge in [-0.3, -0.25) is 15.2 Å². The van der Waals surface area contributed by atoms with E-state index in [0.29, 0.717) is 10.9 Å². The normalized spacial score (nSPS) is 10.4. The molecule has 7 nitrogen and oxygen atoms in total. The molecule has 0 aliphatic rings. The summed E-state index contributed by atoms with van der Waals surface area (Å²) in [6, 6.07) is 2.36. The van der Waals surface area contributed by atoms with Gasteiger partial charge < -0.3 is 5.11 Å². The highest BCUT2D eigenvalue weighted by Gasteiger charge is 2.21. The van der Waals surface area contributed by atoms with Crippen molar-refractivity contribution in [2.75, 3.05) is 0 Å². The van der Waals surface area contributed by atoms with Crippen molar-refractivity contribution in [2.24, 2.45) is 0 Å². The van der Waals surface area contributed by atoms with Gasteiger partial charge in [-0.15, -0.1) is 0 Å². The largest absolute Gasteiger partial charge is 0.477 e. The van der Waals surface area contributed by atoms with Crippen LogP contribution in [0.1, 0.15) is 10.4 Å². The fourth-order valence-electron chi connectivity index (χ4n) is 1.30. The molecular formula is C8H5N3O4. The number of H-pyrrole nitrogens is 1. The molecule has 0 saturated carbocycles. The fraction of sp³-hybridized carbons (Fsp3) is 0. The van der Waals surface area contributed by atoms with E-state index in [4.69, 9.17) is 5.11 Å². The second-order valence-corrected chi connectivity index (χ2v) is 2.88. The van der Waals surface area contributed by atoms with E-state index < -0.39 is 16.6 Å². The van der Waals surface area contributed by atoms with E-state index in [9.17, 15) is 14.9 Å². The van der Waals surface area contributed by atoms with Gasteiger partial charge in [-0.1, -0.05) is 0 Å². The van der Waals surface area contributed by atoms with Crippen molar-refractivity contribution in [2.45, 2.75) is 0 Å². The molecule has 1 aromatic carbocycles. The number of carboxylic acid groups (broad SMARTS) is 1. The van der Waals surface area contributed by atoms with Crippen LogP contribution in [0.5, 0.6) is 0 Å². The number of fused-ring (bicyclic) bond motifs is 1. The summed E-state index contributed by atoms with van der Waals surface area (Å²) in [4.78, 5) is 20.6. The van der Waals surface area contributed by atoms with Gasteiger partial charge in [0, 0.05) is 17.6 Å². The van der Waals surface area contributed by atoms with E-state index in [1.165, 1.54) is 18.3 Å².